The Morgan fingerprint density at radius 1 is 1.23 bits per heavy atom. The number of carbonyl (C=O) groups excluding carboxylic acids is 2. The fourth-order valence-corrected chi connectivity index (χ4v) is 3.69. The molecule has 0 amide bonds. The summed E-state index contributed by atoms with van der Waals surface area (Å²) < 4.78 is 14.5. The number of aliphatic carboxylic acids is 1. The summed E-state index contributed by atoms with van der Waals surface area (Å²) in [6, 6.07) is 7.28. The molecule has 0 N–H and O–H groups in total. The van der Waals surface area contributed by atoms with Gasteiger partial charge in [-0.15, -0.1) is 0 Å². The Labute approximate surface area is 151 Å². The summed E-state index contributed by atoms with van der Waals surface area (Å²) in [6.45, 7) is 5.34. The lowest BCUT2D eigenvalue weighted by molar-refractivity contribution is -0.317. The molecular formula is C20H20FN2O3-. The predicted octanol–water partition coefficient (Wildman–Crippen LogP) is 2.54. The average Bonchev–Trinajstić information content (AvgIpc) is 2.93. The van der Waals surface area contributed by atoms with E-state index in [1.54, 1.807) is 26.0 Å². The summed E-state index contributed by atoms with van der Waals surface area (Å²) >= 11 is 0. The van der Waals surface area contributed by atoms with Crippen LogP contribution < -0.4 is 5.11 Å². The van der Waals surface area contributed by atoms with E-state index in [2.05, 4.69) is 5.10 Å². The van der Waals surface area contributed by atoms with E-state index in [1.165, 1.54) is 24.3 Å². The maximum atomic E-state index is 13.3. The van der Waals surface area contributed by atoms with E-state index in [1.807, 2.05) is 6.92 Å². The molecule has 1 aromatic heterocycles. The Kier molecular flexibility index (Phi) is 4.52. The smallest absolute Gasteiger partial charge is 0.259 e. The van der Waals surface area contributed by atoms with Gasteiger partial charge in [0.1, 0.15) is 11.2 Å². The van der Waals surface area contributed by atoms with Crippen molar-refractivity contribution in [2.24, 2.45) is 5.41 Å². The molecule has 0 bridgehead atoms. The molecule has 5 nitrogen and oxygen atoms in total. The number of benzene rings is 1. The van der Waals surface area contributed by atoms with Crippen molar-refractivity contribution in [3.63, 3.8) is 0 Å². The summed E-state index contributed by atoms with van der Waals surface area (Å²) in [5.41, 5.74) is 0.949. The highest BCUT2D eigenvalue weighted by molar-refractivity contribution is 6.04. The van der Waals surface area contributed by atoms with E-state index in [0.29, 0.717) is 23.4 Å². The van der Waals surface area contributed by atoms with E-state index in [4.69, 9.17) is 0 Å². The predicted molar refractivity (Wildman–Crippen MR) is 91.9 cm³/mol. The van der Waals surface area contributed by atoms with Gasteiger partial charge in [0.2, 0.25) is 0 Å². The molecule has 0 spiro atoms. The number of rotatable bonds is 3. The number of hydrogen-bond acceptors (Lipinski definition) is 4. The molecule has 1 aliphatic rings. The van der Waals surface area contributed by atoms with Crippen LogP contribution in [-0.4, -0.2) is 21.7 Å². The van der Waals surface area contributed by atoms with E-state index >= 15 is 0 Å². The average molecular weight is 355 g/mol. The number of carboxylic acids is 1. The molecule has 0 aliphatic heterocycles. The molecule has 0 unspecified atom stereocenters. The zero-order valence-electron chi connectivity index (χ0n) is 15.0. The number of aromatic nitrogens is 2. The van der Waals surface area contributed by atoms with Crippen molar-refractivity contribution < 1.29 is 19.1 Å². The number of aryl methyl sites for hydroxylation is 2. The maximum Gasteiger partial charge on any atom is 0.259 e. The van der Waals surface area contributed by atoms with Crippen LogP contribution in [0.5, 0.6) is 0 Å². The first kappa shape index (κ1) is 18.0. The van der Waals surface area contributed by atoms with E-state index in [9.17, 15) is 19.1 Å². The molecule has 1 aliphatic carbocycles. The van der Waals surface area contributed by atoms with Crippen molar-refractivity contribution in [2.45, 2.75) is 39.5 Å². The highest BCUT2D eigenvalue weighted by Crippen LogP contribution is 2.47. The summed E-state index contributed by atoms with van der Waals surface area (Å²) in [7, 11) is 0. The Morgan fingerprint density at radius 3 is 2.42 bits per heavy atom. The molecule has 0 radical (unpaired) electrons. The van der Waals surface area contributed by atoms with Gasteiger partial charge in [-0.25, -0.2) is 9.07 Å². The summed E-state index contributed by atoms with van der Waals surface area (Å²) in [5, 5.41) is 16.5. The van der Waals surface area contributed by atoms with Gasteiger partial charge in [-0.05, 0) is 57.4 Å². The first-order chi connectivity index (χ1) is 12.3. The second-order valence-corrected chi connectivity index (χ2v) is 6.95. The van der Waals surface area contributed by atoms with Crippen LogP contribution >= 0.6 is 0 Å². The van der Waals surface area contributed by atoms with Crippen molar-refractivity contribution in [3.05, 3.63) is 64.7 Å². The molecule has 1 aromatic carbocycles. The van der Waals surface area contributed by atoms with E-state index in [0.717, 1.165) is 10.3 Å². The quantitative estimate of drug-likeness (QED) is 0.626. The lowest BCUT2D eigenvalue weighted by Crippen LogP contribution is -2.54. The van der Waals surface area contributed by atoms with Gasteiger partial charge in [-0.2, -0.15) is 5.10 Å². The largest absolute Gasteiger partial charge is 0.549 e. The highest BCUT2D eigenvalue weighted by Gasteiger charge is 2.49. The Morgan fingerprint density at radius 2 is 1.88 bits per heavy atom. The Bertz CT molecular complexity index is 898. The fraction of sp³-hybridized carbons (Fsp3) is 0.350. The van der Waals surface area contributed by atoms with Gasteiger partial charge in [0.15, 0.2) is 0 Å². The molecule has 136 valence electrons. The number of allylic oxidation sites excluding steroid dienone is 2. The summed E-state index contributed by atoms with van der Waals surface area (Å²) in [4.78, 5) is 25.6. The number of hydrogen-bond donors (Lipinski definition) is 0. The molecule has 2 atom stereocenters. The first-order valence-corrected chi connectivity index (χ1v) is 8.48. The minimum atomic E-state index is -1.79. The molecule has 6 heteroatoms. The zero-order valence-corrected chi connectivity index (χ0v) is 15.0. The topological polar surface area (TPSA) is 75.0 Å². The van der Waals surface area contributed by atoms with Crippen molar-refractivity contribution in [3.8, 4) is 0 Å². The van der Waals surface area contributed by atoms with Crippen LogP contribution in [0.3, 0.4) is 0 Å². The molecule has 1 heterocycles. The molecule has 3 rings (SSSR count). The number of carboxylic acid groups (broad SMARTS) is 1. The van der Waals surface area contributed by atoms with E-state index in [-0.39, 0.29) is 6.42 Å². The van der Waals surface area contributed by atoms with E-state index < -0.39 is 29.0 Å². The number of halogens is 1. The Balaban J connectivity index is 2.19. The van der Waals surface area contributed by atoms with Crippen molar-refractivity contribution in [2.75, 3.05) is 0 Å². The van der Waals surface area contributed by atoms with Crippen LogP contribution in [0.1, 0.15) is 47.4 Å². The first-order valence-electron chi connectivity index (χ1n) is 8.48. The fourth-order valence-electron chi connectivity index (χ4n) is 3.69. The third kappa shape index (κ3) is 2.85. The van der Waals surface area contributed by atoms with Crippen LogP contribution in [0.2, 0.25) is 0 Å². The molecule has 0 saturated heterocycles. The standard InChI is InChI=1S/C20H21FN2O3/c1-12-8-9-20(19(25)26,18(24)23-14(3)11-13(2)22-23)17(10-12)15-4-6-16(21)7-5-15/h4-7,10-11,17H,8-9H2,1-3H3,(H,25,26)/p-1/t17-,20-/m0/s1. The van der Waals surface area contributed by atoms with Gasteiger partial charge in [0.05, 0.1) is 11.7 Å². The van der Waals surface area contributed by atoms with Gasteiger partial charge in [-0.1, -0.05) is 23.8 Å². The minimum absolute atomic E-state index is 0.108. The molecule has 0 saturated carbocycles. The van der Waals surface area contributed by atoms with Crippen molar-refractivity contribution in [1.82, 2.24) is 9.78 Å². The van der Waals surface area contributed by atoms with Crippen LogP contribution in [-0.2, 0) is 4.79 Å². The van der Waals surface area contributed by atoms with Gasteiger partial charge >= 0.3 is 0 Å². The zero-order chi connectivity index (χ0) is 19.1. The van der Waals surface area contributed by atoms with Crippen LogP contribution in [0.4, 0.5) is 4.39 Å². The number of nitrogens with zero attached hydrogens (tertiary/aromatic N) is 2. The molecule has 2 aromatic rings. The third-order valence-electron chi connectivity index (χ3n) is 5.07. The number of carbonyl (C=O) groups is 2. The second kappa shape index (κ2) is 6.52. The Hall–Kier alpha value is -2.76. The lowest BCUT2D eigenvalue weighted by Gasteiger charge is -2.42. The third-order valence-corrected chi connectivity index (χ3v) is 5.07. The van der Waals surface area contributed by atoms with Crippen LogP contribution in [0.25, 0.3) is 0 Å². The normalized spacial score (nSPS) is 22.8. The highest BCUT2D eigenvalue weighted by atomic mass is 19.1. The van der Waals surface area contributed by atoms with Gasteiger partial charge < -0.3 is 9.90 Å². The molecule has 26 heavy (non-hydrogen) atoms. The molecule has 0 fully saturated rings. The van der Waals surface area contributed by atoms with Gasteiger partial charge in [0.25, 0.3) is 5.91 Å². The van der Waals surface area contributed by atoms with Crippen LogP contribution in [0, 0.1) is 25.1 Å². The second-order valence-electron chi connectivity index (χ2n) is 6.95. The summed E-state index contributed by atoms with van der Waals surface area (Å²) in [5.74, 6) is -3.23. The SMILES string of the molecule is CC1=C[C@@H](c2ccc(F)cc2)[C@](C(=O)[O-])(C(=O)n2nc(C)cc2C)CC1. The summed E-state index contributed by atoms with van der Waals surface area (Å²) in [6.07, 6.45) is 2.35. The molecular weight excluding hydrogens is 335 g/mol. The maximum absolute atomic E-state index is 13.3. The monoisotopic (exact) mass is 355 g/mol. The van der Waals surface area contributed by atoms with Crippen molar-refractivity contribution >= 4 is 11.9 Å². The van der Waals surface area contributed by atoms with Gasteiger partial charge in [-0.3, -0.25) is 4.79 Å². The lowest BCUT2D eigenvalue weighted by atomic mass is 9.64. The minimum Gasteiger partial charge on any atom is -0.549 e. The van der Waals surface area contributed by atoms with Crippen LogP contribution in [0.15, 0.2) is 42.0 Å². The van der Waals surface area contributed by atoms with Gasteiger partial charge in [0, 0.05) is 11.6 Å². The van der Waals surface area contributed by atoms with Crippen molar-refractivity contribution in [1.29, 1.82) is 0 Å².